The molecular formula is C18H20ClNO3. The highest BCUT2D eigenvalue weighted by Crippen LogP contribution is 2.22. The predicted octanol–water partition coefficient (Wildman–Crippen LogP) is 4.73. The summed E-state index contributed by atoms with van der Waals surface area (Å²) in [5.41, 5.74) is 1.89. The molecule has 5 heteroatoms. The molecule has 0 aromatic heterocycles. The number of benzene rings is 2. The summed E-state index contributed by atoms with van der Waals surface area (Å²) < 4.78 is 11.3. The lowest BCUT2D eigenvalue weighted by Gasteiger charge is -2.11. The van der Waals surface area contributed by atoms with Crippen molar-refractivity contribution in [3.63, 3.8) is 0 Å². The van der Waals surface area contributed by atoms with Crippen LogP contribution < -0.4 is 9.47 Å². The van der Waals surface area contributed by atoms with E-state index in [1.54, 1.807) is 18.2 Å². The van der Waals surface area contributed by atoms with E-state index >= 15 is 0 Å². The van der Waals surface area contributed by atoms with E-state index in [1.807, 2.05) is 12.1 Å². The van der Waals surface area contributed by atoms with E-state index in [9.17, 15) is 0 Å². The molecule has 0 heterocycles. The predicted molar refractivity (Wildman–Crippen MR) is 92.4 cm³/mol. The Balaban J connectivity index is 1.86. The fraction of sp³-hybridized carbons (Fsp3) is 0.278. The lowest BCUT2D eigenvalue weighted by molar-refractivity contribution is 0.217. The molecule has 2 rings (SSSR count). The maximum atomic E-state index is 8.66. The van der Waals surface area contributed by atoms with E-state index in [4.69, 9.17) is 26.3 Å². The van der Waals surface area contributed by atoms with Gasteiger partial charge < -0.3 is 14.7 Å². The lowest BCUT2D eigenvalue weighted by Crippen LogP contribution is -2.10. The van der Waals surface area contributed by atoms with Crippen LogP contribution in [0, 0.1) is 0 Å². The highest BCUT2D eigenvalue weighted by atomic mass is 35.5. The second-order valence-corrected chi connectivity index (χ2v) is 5.78. The third-order valence-corrected chi connectivity index (χ3v) is 3.56. The Hall–Kier alpha value is -2.20. The Morgan fingerprint density at radius 2 is 1.78 bits per heavy atom. The second-order valence-electron chi connectivity index (χ2n) is 5.35. The first-order chi connectivity index (χ1) is 11.1. The molecule has 0 atom stereocenters. The number of nitrogens with zero attached hydrogens (tertiary/aromatic N) is 1. The normalized spacial score (nSPS) is 11.1. The number of halogens is 1. The monoisotopic (exact) mass is 333 g/mol. The van der Waals surface area contributed by atoms with E-state index < -0.39 is 0 Å². The molecule has 0 aliphatic carbocycles. The maximum Gasteiger partial charge on any atom is 0.128 e. The summed E-state index contributed by atoms with van der Waals surface area (Å²) in [7, 11) is 0. The number of oxime groups is 1. The van der Waals surface area contributed by atoms with E-state index in [0.29, 0.717) is 35.5 Å². The SMILES string of the molecule is CC(C)c1ccc(OCCOc2ccc(Cl)cc2/C=N/O)cc1. The van der Waals surface area contributed by atoms with Crippen molar-refractivity contribution < 1.29 is 14.7 Å². The van der Waals surface area contributed by atoms with Crippen LogP contribution in [-0.4, -0.2) is 24.6 Å². The summed E-state index contributed by atoms with van der Waals surface area (Å²) in [6.45, 7) is 5.10. The third kappa shape index (κ3) is 5.18. The topological polar surface area (TPSA) is 51.0 Å². The quantitative estimate of drug-likeness (QED) is 0.345. The minimum atomic E-state index is 0.375. The molecule has 4 nitrogen and oxygen atoms in total. The van der Waals surface area contributed by atoms with Gasteiger partial charge in [-0.1, -0.05) is 42.7 Å². The Morgan fingerprint density at radius 3 is 2.43 bits per heavy atom. The summed E-state index contributed by atoms with van der Waals surface area (Å²) in [5.74, 6) is 1.90. The zero-order valence-electron chi connectivity index (χ0n) is 13.2. The molecule has 0 unspecified atom stereocenters. The smallest absolute Gasteiger partial charge is 0.128 e. The standard InChI is InChI=1S/C18H20ClNO3/c1-13(2)14-3-6-17(7-4-14)22-9-10-23-18-8-5-16(19)11-15(18)12-20-21/h3-8,11-13,21H,9-10H2,1-2H3/b20-12+. The molecule has 0 amide bonds. The van der Waals surface area contributed by atoms with Crippen LogP contribution in [0.3, 0.4) is 0 Å². The molecule has 0 bridgehead atoms. The molecule has 1 N–H and O–H groups in total. The van der Waals surface area contributed by atoms with Crippen LogP contribution in [0.5, 0.6) is 11.5 Å². The fourth-order valence-electron chi connectivity index (χ4n) is 2.07. The van der Waals surface area contributed by atoms with Gasteiger partial charge in [-0.05, 0) is 41.8 Å². The molecule has 122 valence electrons. The van der Waals surface area contributed by atoms with Crippen molar-refractivity contribution in [2.75, 3.05) is 13.2 Å². The van der Waals surface area contributed by atoms with Crippen LogP contribution in [0.25, 0.3) is 0 Å². The summed E-state index contributed by atoms with van der Waals surface area (Å²) in [4.78, 5) is 0. The van der Waals surface area contributed by atoms with Gasteiger partial charge in [0.25, 0.3) is 0 Å². The number of hydrogen-bond acceptors (Lipinski definition) is 4. The van der Waals surface area contributed by atoms with Crippen LogP contribution in [0.15, 0.2) is 47.6 Å². The van der Waals surface area contributed by atoms with Gasteiger partial charge >= 0.3 is 0 Å². The van der Waals surface area contributed by atoms with Crippen LogP contribution in [0.2, 0.25) is 5.02 Å². The van der Waals surface area contributed by atoms with Crippen LogP contribution in [0.4, 0.5) is 0 Å². The molecule has 23 heavy (non-hydrogen) atoms. The lowest BCUT2D eigenvalue weighted by atomic mass is 10.0. The van der Waals surface area contributed by atoms with Crippen molar-refractivity contribution in [2.24, 2.45) is 5.16 Å². The molecule has 2 aromatic rings. The molecular weight excluding hydrogens is 314 g/mol. The van der Waals surface area contributed by atoms with Gasteiger partial charge in [0.05, 0.1) is 6.21 Å². The van der Waals surface area contributed by atoms with Crippen molar-refractivity contribution in [1.82, 2.24) is 0 Å². The van der Waals surface area contributed by atoms with E-state index in [-0.39, 0.29) is 0 Å². The molecule has 0 saturated carbocycles. The molecule has 0 spiro atoms. The molecule has 2 aromatic carbocycles. The highest BCUT2D eigenvalue weighted by Gasteiger charge is 2.04. The van der Waals surface area contributed by atoms with Crippen molar-refractivity contribution in [3.8, 4) is 11.5 Å². The molecule has 0 radical (unpaired) electrons. The van der Waals surface area contributed by atoms with Gasteiger partial charge in [-0.2, -0.15) is 0 Å². The Kier molecular flexibility index (Phi) is 6.29. The van der Waals surface area contributed by atoms with Gasteiger partial charge in [0.1, 0.15) is 24.7 Å². The molecule has 0 fully saturated rings. The Labute approximate surface area is 141 Å². The molecule has 0 aliphatic heterocycles. The van der Waals surface area contributed by atoms with E-state index in [0.717, 1.165) is 5.75 Å². The van der Waals surface area contributed by atoms with E-state index in [2.05, 4.69) is 31.1 Å². The zero-order valence-corrected chi connectivity index (χ0v) is 14.0. The minimum absolute atomic E-state index is 0.375. The first kappa shape index (κ1) is 17.2. The van der Waals surface area contributed by atoms with Gasteiger partial charge in [0.2, 0.25) is 0 Å². The van der Waals surface area contributed by atoms with Crippen molar-refractivity contribution in [3.05, 3.63) is 58.6 Å². The molecule has 0 saturated heterocycles. The van der Waals surface area contributed by atoms with Crippen molar-refractivity contribution in [1.29, 1.82) is 0 Å². The van der Waals surface area contributed by atoms with Crippen molar-refractivity contribution in [2.45, 2.75) is 19.8 Å². The summed E-state index contributed by atoms with van der Waals surface area (Å²) in [6, 6.07) is 13.2. The largest absolute Gasteiger partial charge is 0.490 e. The van der Waals surface area contributed by atoms with Gasteiger partial charge in [-0.25, -0.2) is 0 Å². The zero-order chi connectivity index (χ0) is 16.7. The van der Waals surface area contributed by atoms with Gasteiger partial charge in [-0.3, -0.25) is 0 Å². The number of rotatable bonds is 7. The average Bonchev–Trinajstić information content (AvgIpc) is 2.54. The first-order valence-electron chi connectivity index (χ1n) is 7.42. The average molecular weight is 334 g/mol. The first-order valence-corrected chi connectivity index (χ1v) is 7.80. The maximum absolute atomic E-state index is 8.66. The van der Waals surface area contributed by atoms with Gasteiger partial charge in [0.15, 0.2) is 0 Å². The molecule has 0 aliphatic rings. The van der Waals surface area contributed by atoms with E-state index in [1.165, 1.54) is 11.8 Å². The third-order valence-electron chi connectivity index (χ3n) is 3.33. The number of hydrogen-bond donors (Lipinski definition) is 1. The minimum Gasteiger partial charge on any atom is -0.490 e. The highest BCUT2D eigenvalue weighted by molar-refractivity contribution is 6.30. The van der Waals surface area contributed by atoms with Crippen LogP contribution in [0.1, 0.15) is 30.9 Å². The van der Waals surface area contributed by atoms with Crippen molar-refractivity contribution >= 4 is 17.8 Å². The van der Waals surface area contributed by atoms with Gasteiger partial charge in [-0.15, -0.1) is 0 Å². The van der Waals surface area contributed by atoms with Crippen LogP contribution >= 0.6 is 11.6 Å². The fourth-order valence-corrected chi connectivity index (χ4v) is 2.25. The Bertz CT molecular complexity index is 654. The summed E-state index contributed by atoms with van der Waals surface area (Å²) in [5, 5.41) is 12.2. The second kappa shape index (κ2) is 8.44. The Morgan fingerprint density at radius 1 is 1.09 bits per heavy atom. The summed E-state index contributed by atoms with van der Waals surface area (Å²) in [6.07, 6.45) is 1.28. The van der Waals surface area contributed by atoms with Crippen LogP contribution in [-0.2, 0) is 0 Å². The number of ether oxygens (including phenoxy) is 2. The summed E-state index contributed by atoms with van der Waals surface area (Å²) >= 11 is 5.91. The van der Waals surface area contributed by atoms with Gasteiger partial charge in [0, 0.05) is 10.6 Å².